The second-order valence-corrected chi connectivity index (χ2v) is 7.40. The summed E-state index contributed by atoms with van der Waals surface area (Å²) < 4.78 is 31.8. The van der Waals surface area contributed by atoms with Crippen LogP contribution in [-0.4, -0.2) is 31.8 Å². The molecule has 0 spiro atoms. The van der Waals surface area contributed by atoms with Crippen molar-refractivity contribution in [2.75, 3.05) is 0 Å². The molecule has 0 heterocycles. The van der Waals surface area contributed by atoms with Crippen LogP contribution in [0.2, 0.25) is 0 Å². The van der Waals surface area contributed by atoms with Crippen LogP contribution in [0.5, 0.6) is 0 Å². The number of unbranched alkanes of at least 4 members (excludes halogenated alkanes) is 9. The maximum atomic E-state index is 11.3. The van der Waals surface area contributed by atoms with Crippen molar-refractivity contribution in [2.45, 2.75) is 82.4 Å². The first kappa shape index (κ1) is 22.7. The van der Waals surface area contributed by atoms with Crippen molar-refractivity contribution in [1.29, 1.82) is 0 Å². The van der Waals surface area contributed by atoms with Crippen molar-refractivity contribution in [1.82, 2.24) is 0 Å². The molecule has 0 aromatic heterocycles. The Bertz CT molecular complexity index is 515. The zero-order valence-corrected chi connectivity index (χ0v) is 14.6. The van der Waals surface area contributed by atoms with E-state index in [-0.39, 0.29) is 23.8 Å². The van der Waals surface area contributed by atoms with Crippen molar-refractivity contribution in [3.63, 3.8) is 0 Å². The van der Waals surface area contributed by atoms with Gasteiger partial charge in [0.15, 0.2) is 0 Å². The maximum absolute atomic E-state index is 11.3. The molecule has 23 heavy (non-hydrogen) atoms. The summed E-state index contributed by atoms with van der Waals surface area (Å²) in [7, 11) is -4.10. The van der Waals surface area contributed by atoms with Crippen LogP contribution in [0.1, 0.15) is 76.7 Å². The molecular formula is C18H31LiO3S. The molecule has 5 heteroatoms. The molecule has 1 aromatic carbocycles. The summed E-state index contributed by atoms with van der Waals surface area (Å²) in [6.07, 6.45) is 13.3. The number of benzene rings is 1. The first-order valence-electron chi connectivity index (χ1n) is 8.61. The summed E-state index contributed by atoms with van der Waals surface area (Å²) >= 11 is 0. The third-order valence-corrected chi connectivity index (χ3v) is 5.00. The molecule has 0 saturated heterocycles. The molecule has 128 valence electrons. The van der Waals surface area contributed by atoms with Gasteiger partial charge in [0, 0.05) is 0 Å². The van der Waals surface area contributed by atoms with E-state index >= 15 is 0 Å². The van der Waals surface area contributed by atoms with Crippen LogP contribution in [0.25, 0.3) is 0 Å². The molecule has 0 saturated carbocycles. The molecule has 1 rings (SSSR count). The Morgan fingerprint density at radius 3 is 1.83 bits per heavy atom. The van der Waals surface area contributed by atoms with E-state index in [0.29, 0.717) is 6.42 Å². The van der Waals surface area contributed by atoms with Crippen LogP contribution in [0.3, 0.4) is 0 Å². The van der Waals surface area contributed by atoms with Crippen LogP contribution >= 0.6 is 0 Å². The molecule has 3 nitrogen and oxygen atoms in total. The first-order valence-corrected chi connectivity index (χ1v) is 10.0. The zero-order valence-electron chi connectivity index (χ0n) is 13.8. The van der Waals surface area contributed by atoms with Gasteiger partial charge in [-0.25, -0.2) is 0 Å². The predicted octanol–water partition coefficient (Wildman–Crippen LogP) is 4.75. The average molecular weight is 334 g/mol. The third kappa shape index (κ3) is 10.2. The Hall–Kier alpha value is -0.273. The van der Waals surface area contributed by atoms with Gasteiger partial charge in [0.2, 0.25) is 0 Å². The van der Waals surface area contributed by atoms with Gasteiger partial charge in [-0.05, 0) is 24.5 Å². The zero-order chi connectivity index (χ0) is 16.3. The summed E-state index contributed by atoms with van der Waals surface area (Å²) in [6, 6.07) is 6.73. The summed E-state index contributed by atoms with van der Waals surface area (Å²) in [5.74, 6) is 0. The molecule has 0 radical (unpaired) electrons. The van der Waals surface area contributed by atoms with Gasteiger partial charge in [0.05, 0.1) is 4.90 Å². The fraction of sp³-hybridized carbons (Fsp3) is 0.667. The normalized spacial score (nSPS) is 11.2. The van der Waals surface area contributed by atoms with Crippen molar-refractivity contribution < 1.29 is 13.0 Å². The molecule has 0 amide bonds. The molecular weight excluding hydrogens is 303 g/mol. The van der Waals surface area contributed by atoms with Gasteiger partial charge < -0.3 is 0 Å². The van der Waals surface area contributed by atoms with E-state index in [1.54, 1.807) is 12.1 Å². The van der Waals surface area contributed by atoms with E-state index < -0.39 is 10.1 Å². The summed E-state index contributed by atoms with van der Waals surface area (Å²) in [5.41, 5.74) is 0.726. The number of hydrogen-bond donors (Lipinski definition) is 1. The molecule has 0 bridgehead atoms. The van der Waals surface area contributed by atoms with Gasteiger partial charge in [-0.1, -0.05) is 82.9 Å². The van der Waals surface area contributed by atoms with Crippen molar-refractivity contribution in [3.8, 4) is 0 Å². The van der Waals surface area contributed by atoms with Crippen molar-refractivity contribution in [3.05, 3.63) is 29.8 Å². The van der Waals surface area contributed by atoms with Gasteiger partial charge in [0.25, 0.3) is 10.1 Å². The molecule has 0 aliphatic heterocycles. The second kappa shape index (κ2) is 13.1. The fourth-order valence-corrected chi connectivity index (χ4v) is 3.52. The summed E-state index contributed by atoms with van der Waals surface area (Å²) in [4.78, 5) is 0.0610. The minimum atomic E-state index is -4.10. The van der Waals surface area contributed by atoms with Crippen LogP contribution in [0.4, 0.5) is 0 Å². The standard InChI is InChI=1S/C18H30O3S.Li.H/c1-2-3-4-5-6-7-8-9-10-11-14-17-15-12-13-16-18(17)22(19,20)21;;/h12-13,15-16H,2-11,14H2,1H3,(H,19,20,21);;. The topological polar surface area (TPSA) is 54.4 Å². The van der Waals surface area contributed by atoms with Crippen LogP contribution in [-0.2, 0) is 16.5 Å². The Balaban J connectivity index is 0.00000484. The Labute approximate surface area is 154 Å². The van der Waals surface area contributed by atoms with E-state index in [9.17, 15) is 13.0 Å². The van der Waals surface area contributed by atoms with Crippen molar-refractivity contribution in [2.24, 2.45) is 0 Å². The Kier molecular flexibility index (Phi) is 12.9. The summed E-state index contributed by atoms with van der Waals surface area (Å²) in [5, 5.41) is 0. The van der Waals surface area contributed by atoms with Gasteiger partial charge in [-0.15, -0.1) is 0 Å². The molecule has 0 unspecified atom stereocenters. The quantitative estimate of drug-likeness (QED) is 0.341. The van der Waals surface area contributed by atoms with E-state index in [1.165, 1.54) is 57.4 Å². The van der Waals surface area contributed by atoms with Crippen molar-refractivity contribution >= 4 is 29.0 Å². The predicted molar refractivity (Wildman–Crippen MR) is 99.0 cm³/mol. The van der Waals surface area contributed by atoms with Gasteiger partial charge in [-0.2, -0.15) is 8.42 Å². The SMILES string of the molecule is CCCCCCCCCCCCc1ccccc1S(=O)(=O)O.[LiH]. The molecule has 0 aliphatic carbocycles. The minimum absolute atomic E-state index is 0. The Morgan fingerprint density at radius 1 is 0.826 bits per heavy atom. The number of hydrogen-bond acceptors (Lipinski definition) is 2. The van der Waals surface area contributed by atoms with E-state index in [1.807, 2.05) is 6.07 Å². The molecule has 0 aliphatic rings. The van der Waals surface area contributed by atoms with Crippen LogP contribution < -0.4 is 0 Å². The Morgan fingerprint density at radius 2 is 1.30 bits per heavy atom. The fourth-order valence-electron chi connectivity index (χ4n) is 2.76. The second-order valence-electron chi connectivity index (χ2n) is 6.01. The van der Waals surface area contributed by atoms with Gasteiger partial charge in [0.1, 0.15) is 0 Å². The molecule has 1 aromatic rings. The summed E-state index contributed by atoms with van der Waals surface area (Å²) in [6.45, 7) is 2.24. The van der Waals surface area contributed by atoms with Gasteiger partial charge >= 0.3 is 18.9 Å². The van der Waals surface area contributed by atoms with E-state index in [2.05, 4.69) is 6.92 Å². The molecule has 0 fully saturated rings. The van der Waals surface area contributed by atoms with E-state index in [4.69, 9.17) is 0 Å². The van der Waals surface area contributed by atoms with E-state index in [0.717, 1.165) is 18.4 Å². The number of rotatable bonds is 12. The number of aryl methyl sites for hydroxylation is 1. The van der Waals surface area contributed by atoms with Crippen LogP contribution in [0, 0.1) is 0 Å². The first-order chi connectivity index (χ1) is 10.6. The van der Waals surface area contributed by atoms with Crippen LogP contribution in [0.15, 0.2) is 29.2 Å². The van der Waals surface area contributed by atoms with Gasteiger partial charge in [-0.3, -0.25) is 4.55 Å². The molecule has 1 N–H and O–H groups in total. The molecule has 0 atom stereocenters. The third-order valence-electron chi connectivity index (χ3n) is 4.05. The monoisotopic (exact) mass is 334 g/mol. The average Bonchev–Trinajstić information content (AvgIpc) is 2.48.